The predicted octanol–water partition coefficient (Wildman–Crippen LogP) is 2.60. The van der Waals surface area contributed by atoms with Crippen molar-refractivity contribution in [1.29, 1.82) is 0 Å². The molecule has 6 nitrogen and oxygen atoms in total. The van der Waals surface area contributed by atoms with Gasteiger partial charge in [-0.1, -0.05) is 18.2 Å². The number of aliphatic carboxylic acids is 1. The van der Waals surface area contributed by atoms with E-state index in [-0.39, 0.29) is 12.5 Å². The molecule has 21 heavy (non-hydrogen) atoms. The molecule has 2 amide bonds. The van der Waals surface area contributed by atoms with Gasteiger partial charge in [0, 0.05) is 30.3 Å². The molecule has 0 atom stereocenters. The molecular weight excluding hydrogens is 272 g/mol. The van der Waals surface area contributed by atoms with Gasteiger partial charge in [0.05, 0.1) is 6.61 Å². The number of benzene rings is 1. The van der Waals surface area contributed by atoms with Crippen molar-refractivity contribution in [2.45, 2.75) is 38.8 Å². The first kappa shape index (κ1) is 17.0. The van der Waals surface area contributed by atoms with Crippen molar-refractivity contribution in [2.24, 2.45) is 0 Å². The van der Waals surface area contributed by atoms with Crippen LogP contribution in [0.1, 0.15) is 32.3 Å². The van der Waals surface area contributed by atoms with Crippen molar-refractivity contribution < 1.29 is 19.4 Å². The second kappa shape index (κ2) is 7.64. The van der Waals surface area contributed by atoms with Gasteiger partial charge in [-0.3, -0.25) is 4.79 Å². The first-order valence-electron chi connectivity index (χ1n) is 6.72. The van der Waals surface area contributed by atoms with Gasteiger partial charge in [0.25, 0.3) is 0 Å². The number of carboxylic acids is 1. The average molecular weight is 294 g/mol. The van der Waals surface area contributed by atoms with E-state index in [1.165, 1.54) is 0 Å². The van der Waals surface area contributed by atoms with Crippen molar-refractivity contribution in [1.82, 2.24) is 5.32 Å². The van der Waals surface area contributed by atoms with Crippen LogP contribution in [0, 0.1) is 0 Å². The second-order valence-electron chi connectivity index (χ2n) is 5.45. The molecule has 0 heterocycles. The van der Waals surface area contributed by atoms with E-state index in [4.69, 9.17) is 9.84 Å². The zero-order valence-corrected chi connectivity index (χ0v) is 12.6. The van der Waals surface area contributed by atoms with Crippen molar-refractivity contribution in [3.63, 3.8) is 0 Å². The van der Waals surface area contributed by atoms with E-state index in [0.29, 0.717) is 18.7 Å². The minimum Gasteiger partial charge on any atom is -0.481 e. The number of nitrogens with one attached hydrogen (secondary N) is 2. The number of carbonyl (C=O) groups excluding carboxylic acids is 1. The van der Waals surface area contributed by atoms with Crippen molar-refractivity contribution in [3.8, 4) is 0 Å². The fourth-order valence-corrected chi connectivity index (χ4v) is 1.87. The van der Waals surface area contributed by atoms with Crippen LogP contribution in [0.25, 0.3) is 0 Å². The van der Waals surface area contributed by atoms with Crippen LogP contribution in [0.15, 0.2) is 24.3 Å². The highest BCUT2D eigenvalue weighted by Gasteiger charge is 2.21. The van der Waals surface area contributed by atoms with Gasteiger partial charge < -0.3 is 20.5 Å². The maximum atomic E-state index is 12.0. The summed E-state index contributed by atoms with van der Waals surface area (Å²) in [5.41, 5.74) is 0.947. The van der Waals surface area contributed by atoms with Crippen LogP contribution in [0.3, 0.4) is 0 Å². The van der Waals surface area contributed by atoms with E-state index in [9.17, 15) is 9.59 Å². The molecular formula is C15H22N2O4. The number of urea groups is 1. The van der Waals surface area contributed by atoms with Crippen LogP contribution < -0.4 is 10.6 Å². The maximum Gasteiger partial charge on any atom is 0.319 e. The third-order valence-corrected chi connectivity index (χ3v) is 2.98. The summed E-state index contributed by atoms with van der Waals surface area (Å²) >= 11 is 0. The van der Waals surface area contributed by atoms with Gasteiger partial charge in [-0.2, -0.15) is 0 Å². The topological polar surface area (TPSA) is 87.7 Å². The summed E-state index contributed by atoms with van der Waals surface area (Å²) < 4.78 is 5.08. The van der Waals surface area contributed by atoms with Crippen LogP contribution in [-0.2, 0) is 16.1 Å². The number of hydrogen-bond acceptors (Lipinski definition) is 3. The molecule has 0 aliphatic carbocycles. The molecule has 1 aromatic carbocycles. The smallest absolute Gasteiger partial charge is 0.319 e. The molecule has 0 unspecified atom stereocenters. The predicted molar refractivity (Wildman–Crippen MR) is 80.3 cm³/mol. The quantitative estimate of drug-likeness (QED) is 0.721. The Morgan fingerprint density at radius 3 is 2.57 bits per heavy atom. The molecule has 1 aromatic rings. The fraction of sp³-hybridized carbons (Fsp3) is 0.467. The summed E-state index contributed by atoms with van der Waals surface area (Å²) in [6.07, 6.45) is 0.364. The largest absolute Gasteiger partial charge is 0.481 e. The summed E-state index contributed by atoms with van der Waals surface area (Å²) in [5, 5.41) is 14.2. The number of methoxy groups -OCH3 is 1. The van der Waals surface area contributed by atoms with Crippen LogP contribution in [0.5, 0.6) is 0 Å². The number of anilines is 1. The highest BCUT2D eigenvalue weighted by molar-refractivity contribution is 5.90. The van der Waals surface area contributed by atoms with E-state index >= 15 is 0 Å². The molecule has 3 N–H and O–H groups in total. The molecule has 0 saturated carbocycles. The number of carboxylic acid groups (broad SMARTS) is 1. The van der Waals surface area contributed by atoms with Crippen LogP contribution in [-0.4, -0.2) is 29.8 Å². The molecule has 0 aliphatic rings. The Morgan fingerprint density at radius 1 is 1.29 bits per heavy atom. The Bertz CT molecular complexity index is 500. The standard InChI is InChI=1S/C15H22N2O4/c1-15(2,9-8-13(18)19)17-14(20)16-12-7-5-4-6-11(12)10-21-3/h4-7H,8-10H2,1-3H3,(H,18,19)(H2,16,17,20). The molecule has 0 fully saturated rings. The van der Waals surface area contributed by atoms with Gasteiger partial charge in [-0.05, 0) is 26.3 Å². The van der Waals surface area contributed by atoms with E-state index in [0.717, 1.165) is 5.56 Å². The zero-order valence-electron chi connectivity index (χ0n) is 12.6. The first-order valence-corrected chi connectivity index (χ1v) is 6.72. The fourth-order valence-electron chi connectivity index (χ4n) is 1.87. The van der Waals surface area contributed by atoms with E-state index in [1.54, 1.807) is 27.0 Å². The molecule has 0 aliphatic heterocycles. The maximum absolute atomic E-state index is 12.0. The minimum atomic E-state index is -0.879. The highest BCUT2D eigenvalue weighted by Crippen LogP contribution is 2.17. The number of hydrogen-bond donors (Lipinski definition) is 3. The van der Waals surface area contributed by atoms with Gasteiger partial charge in [-0.15, -0.1) is 0 Å². The Balaban J connectivity index is 2.63. The summed E-state index contributed by atoms with van der Waals surface area (Å²) in [5.74, 6) is -0.879. The summed E-state index contributed by atoms with van der Waals surface area (Å²) in [7, 11) is 1.59. The Hall–Kier alpha value is -2.08. The normalized spacial score (nSPS) is 11.0. The molecule has 1 rings (SSSR count). The Labute approximate surface area is 124 Å². The monoisotopic (exact) mass is 294 g/mol. The lowest BCUT2D eigenvalue weighted by Gasteiger charge is -2.26. The third kappa shape index (κ3) is 6.27. The van der Waals surface area contributed by atoms with E-state index in [1.807, 2.05) is 18.2 Å². The second-order valence-corrected chi connectivity index (χ2v) is 5.45. The lowest BCUT2D eigenvalue weighted by atomic mass is 9.99. The number of rotatable bonds is 7. The van der Waals surface area contributed by atoms with Crippen LogP contribution in [0.4, 0.5) is 10.5 Å². The summed E-state index contributed by atoms with van der Waals surface area (Å²) in [6.45, 7) is 3.98. The first-order chi connectivity index (χ1) is 9.84. The van der Waals surface area contributed by atoms with Crippen molar-refractivity contribution >= 4 is 17.7 Å². The Kier molecular flexibility index (Phi) is 6.17. The minimum absolute atomic E-state index is 0.00748. The van der Waals surface area contributed by atoms with Crippen molar-refractivity contribution in [2.75, 3.05) is 12.4 Å². The molecule has 6 heteroatoms. The summed E-state index contributed by atoms with van der Waals surface area (Å²) in [4.78, 5) is 22.6. The number of ether oxygens (including phenoxy) is 1. The van der Waals surface area contributed by atoms with Gasteiger partial charge in [0.15, 0.2) is 0 Å². The molecule has 0 aromatic heterocycles. The molecule has 0 spiro atoms. The van der Waals surface area contributed by atoms with Crippen LogP contribution >= 0.6 is 0 Å². The highest BCUT2D eigenvalue weighted by atomic mass is 16.5. The summed E-state index contributed by atoms with van der Waals surface area (Å²) in [6, 6.07) is 6.99. The molecule has 0 saturated heterocycles. The lowest BCUT2D eigenvalue weighted by Crippen LogP contribution is -2.45. The SMILES string of the molecule is COCc1ccccc1NC(=O)NC(C)(C)CCC(=O)O. The molecule has 0 bridgehead atoms. The van der Waals surface area contributed by atoms with Gasteiger partial charge >= 0.3 is 12.0 Å². The van der Waals surface area contributed by atoms with E-state index < -0.39 is 11.5 Å². The molecule has 116 valence electrons. The number of amides is 2. The number of para-hydroxylation sites is 1. The van der Waals surface area contributed by atoms with Gasteiger partial charge in [-0.25, -0.2) is 4.79 Å². The van der Waals surface area contributed by atoms with E-state index in [2.05, 4.69) is 10.6 Å². The Morgan fingerprint density at radius 2 is 1.95 bits per heavy atom. The van der Waals surface area contributed by atoms with Gasteiger partial charge in [0.2, 0.25) is 0 Å². The third-order valence-electron chi connectivity index (χ3n) is 2.98. The zero-order chi connectivity index (χ0) is 15.9. The van der Waals surface area contributed by atoms with Crippen LogP contribution in [0.2, 0.25) is 0 Å². The van der Waals surface area contributed by atoms with Gasteiger partial charge in [0.1, 0.15) is 0 Å². The molecule has 0 radical (unpaired) electrons. The van der Waals surface area contributed by atoms with Crippen molar-refractivity contribution in [3.05, 3.63) is 29.8 Å². The average Bonchev–Trinajstić information content (AvgIpc) is 2.38. The lowest BCUT2D eigenvalue weighted by molar-refractivity contribution is -0.137. The number of carbonyl (C=O) groups is 2.